The molecule has 0 radical (unpaired) electrons. The van der Waals surface area contributed by atoms with Crippen molar-refractivity contribution in [3.63, 3.8) is 0 Å². The van der Waals surface area contributed by atoms with Crippen molar-refractivity contribution < 1.29 is 4.79 Å². The molecule has 0 aliphatic heterocycles. The highest BCUT2D eigenvalue weighted by Gasteiger charge is 2.16. The number of carbonyl (C=O) groups is 1. The topological polar surface area (TPSA) is 92.7 Å². The van der Waals surface area contributed by atoms with Crippen LogP contribution in [0.3, 0.4) is 0 Å². The Kier molecular flexibility index (Phi) is 4.69. The molecule has 0 fully saturated rings. The fourth-order valence-electron chi connectivity index (χ4n) is 2.41. The Labute approximate surface area is 165 Å². The number of rotatable bonds is 4. The molecule has 0 bridgehead atoms. The maximum atomic E-state index is 12.4. The van der Waals surface area contributed by atoms with Crippen LogP contribution in [0.5, 0.6) is 0 Å². The van der Waals surface area contributed by atoms with E-state index in [0.29, 0.717) is 10.8 Å². The van der Waals surface area contributed by atoms with Gasteiger partial charge in [0.15, 0.2) is 5.13 Å². The summed E-state index contributed by atoms with van der Waals surface area (Å²) in [6, 6.07) is 16.6. The number of hydrogen-bond donors (Lipinski definition) is 2. The molecule has 4 rings (SSSR count). The minimum absolute atomic E-state index is 0.0794. The van der Waals surface area contributed by atoms with Crippen molar-refractivity contribution in [3.8, 4) is 16.9 Å². The first-order valence-electron chi connectivity index (χ1n) is 7.88. The zero-order chi connectivity index (χ0) is 18.8. The summed E-state index contributed by atoms with van der Waals surface area (Å²) in [5, 5.41) is 9.00. The van der Waals surface area contributed by atoms with Gasteiger partial charge in [-0.2, -0.15) is 4.68 Å². The van der Waals surface area contributed by atoms with Crippen molar-refractivity contribution in [2.45, 2.75) is 0 Å². The zero-order valence-corrected chi connectivity index (χ0v) is 16.1. The van der Waals surface area contributed by atoms with E-state index >= 15 is 0 Å². The SMILES string of the molecule is O=C(Nc1nc(-c2ccc(Br)cc2)cs1)c1nn(-c2ccccc2)c(=O)[nH]1. The van der Waals surface area contributed by atoms with Crippen LogP contribution in [0.4, 0.5) is 5.13 Å². The molecule has 4 aromatic rings. The van der Waals surface area contributed by atoms with E-state index in [-0.39, 0.29) is 5.82 Å². The van der Waals surface area contributed by atoms with Crippen molar-refractivity contribution in [1.29, 1.82) is 0 Å². The van der Waals surface area contributed by atoms with Gasteiger partial charge in [0.2, 0.25) is 5.82 Å². The minimum atomic E-state index is -0.529. The van der Waals surface area contributed by atoms with Crippen LogP contribution in [0.25, 0.3) is 16.9 Å². The quantitative estimate of drug-likeness (QED) is 0.504. The lowest BCUT2D eigenvalue weighted by Crippen LogP contribution is -2.15. The number of benzene rings is 2. The lowest BCUT2D eigenvalue weighted by Gasteiger charge is -1.99. The third-order valence-corrected chi connectivity index (χ3v) is 4.98. The van der Waals surface area contributed by atoms with Gasteiger partial charge in [0.1, 0.15) is 0 Å². The summed E-state index contributed by atoms with van der Waals surface area (Å²) in [4.78, 5) is 31.3. The zero-order valence-electron chi connectivity index (χ0n) is 13.7. The molecule has 0 saturated heterocycles. The summed E-state index contributed by atoms with van der Waals surface area (Å²) in [5.74, 6) is -0.609. The Balaban J connectivity index is 1.53. The van der Waals surface area contributed by atoms with Gasteiger partial charge in [0.25, 0.3) is 5.91 Å². The molecule has 1 amide bonds. The van der Waals surface area contributed by atoms with Crippen LogP contribution in [0.2, 0.25) is 0 Å². The number of H-pyrrole nitrogens is 1. The lowest BCUT2D eigenvalue weighted by molar-refractivity contribution is 0.101. The normalized spacial score (nSPS) is 10.7. The van der Waals surface area contributed by atoms with Gasteiger partial charge in [0.05, 0.1) is 11.4 Å². The van der Waals surface area contributed by atoms with Gasteiger partial charge in [-0.15, -0.1) is 16.4 Å². The molecular formula is C18H12BrN5O2S. The molecule has 2 aromatic carbocycles. The minimum Gasteiger partial charge on any atom is -0.295 e. The largest absolute Gasteiger partial charge is 0.348 e. The van der Waals surface area contributed by atoms with E-state index in [2.05, 4.69) is 36.3 Å². The van der Waals surface area contributed by atoms with Gasteiger partial charge < -0.3 is 0 Å². The molecule has 2 N–H and O–H groups in total. The Morgan fingerprint density at radius 3 is 2.59 bits per heavy atom. The molecule has 2 heterocycles. The van der Waals surface area contributed by atoms with Crippen LogP contribution in [-0.2, 0) is 0 Å². The predicted octanol–water partition coefficient (Wildman–Crippen LogP) is 3.70. The number of halogens is 1. The highest BCUT2D eigenvalue weighted by atomic mass is 79.9. The number of para-hydroxylation sites is 1. The monoisotopic (exact) mass is 441 g/mol. The number of aromatic nitrogens is 4. The Morgan fingerprint density at radius 2 is 1.85 bits per heavy atom. The molecule has 0 spiro atoms. The standard InChI is InChI=1S/C18H12BrN5O2S/c19-12-8-6-11(7-9-12)14-10-27-17(20-14)22-16(25)15-21-18(26)24(23-15)13-4-2-1-3-5-13/h1-10H,(H,20,22,25)(H,21,23,26). The number of anilines is 1. The summed E-state index contributed by atoms with van der Waals surface area (Å²) >= 11 is 4.69. The van der Waals surface area contributed by atoms with E-state index in [1.54, 1.807) is 24.3 Å². The van der Waals surface area contributed by atoms with E-state index < -0.39 is 11.6 Å². The summed E-state index contributed by atoms with van der Waals surface area (Å²) in [7, 11) is 0. The Bertz CT molecular complexity index is 1150. The predicted molar refractivity (Wildman–Crippen MR) is 107 cm³/mol. The van der Waals surface area contributed by atoms with E-state index in [1.165, 1.54) is 11.3 Å². The first kappa shape index (κ1) is 17.4. The summed E-state index contributed by atoms with van der Waals surface area (Å²) in [5.41, 5.74) is 1.79. The number of hydrogen-bond acceptors (Lipinski definition) is 5. The second-order valence-electron chi connectivity index (χ2n) is 5.53. The molecule has 9 heteroatoms. The maximum Gasteiger partial charge on any atom is 0.348 e. The van der Waals surface area contributed by atoms with Crippen molar-refractivity contribution >= 4 is 38.3 Å². The highest BCUT2D eigenvalue weighted by molar-refractivity contribution is 9.10. The van der Waals surface area contributed by atoms with E-state index in [4.69, 9.17) is 0 Å². The smallest absolute Gasteiger partial charge is 0.295 e. The number of thiazole rings is 1. The molecule has 0 aliphatic rings. The Morgan fingerprint density at radius 1 is 1.11 bits per heavy atom. The summed E-state index contributed by atoms with van der Waals surface area (Å²) in [6.07, 6.45) is 0. The molecule has 134 valence electrons. The number of carbonyl (C=O) groups excluding carboxylic acids is 1. The number of aromatic amines is 1. The molecular weight excluding hydrogens is 430 g/mol. The van der Waals surface area contributed by atoms with Crippen LogP contribution in [0.15, 0.2) is 69.2 Å². The summed E-state index contributed by atoms with van der Waals surface area (Å²) in [6.45, 7) is 0. The van der Waals surface area contributed by atoms with Gasteiger partial charge in [-0.3, -0.25) is 15.1 Å². The molecule has 0 atom stereocenters. The van der Waals surface area contributed by atoms with E-state index in [9.17, 15) is 9.59 Å². The van der Waals surface area contributed by atoms with Gasteiger partial charge in [0, 0.05) is 15.4 Å². The van der Waals surface area contributed by atoms with Crippen molar-refractivity contribution in [2.75, 3.05) is 5.32 Å². The first-order valence-corrected chi connectivity index (χ1v) is 9.55. The highest BCUT2D eigenvalue weighted by Crippen LogP contribution is 2.26. The van der Waals surface area contributed by atoms with Crippen LogP contribution < -0.4 is 11.0 Å². The average Bonchev–Trinajstić information content (AvgIpc) is 3.30. The van der Waals surface area contributed by atoms with Crippen LogP contribution in [-0.4, -0.2) is 25.7 Å². The third kappa shape index (κ3) is 3.74. The third-order valence-electron chi connectivity index (χ3n) is 3.70. The van der Waals surface area contributed by atoms with Gasteiger partial charge in [-0.1, -0.05) is 46.3 Å². The average molecular weight is 442 g/mol. The van der Waals surface area contributed by atoms with Gasteiger partial charge in [-0.05, 0) is 24.3 Å². The van der Waals surface area contributed by atoms with Crippen molar-refractivity contribution in [1.82, 2.24) is 19.7 Å². The second kappa shape index (κ2) is 7.29. The molecule has 7 nitrogen and oxygen atoms in total. The second-order valence-corrected chi connectivity index (χ2v) is 7.30. The fraction of sp³-hybridized carbons (Fsp3) is 0. The Hall–Kier alpha value is -3.04. The van der Waals surface area contributed by atoms with Crippen molar-refractivity contribution in [2.24, 2.45) is 0 Å². The lowest BCUT2D eigenvalue weighted by atomic mass is 10.2. The molecule has 2 aromatic heterocycles. The van der Waals surface area contributed by atoms with Gasteiger partial charge in [-0.25, -0.2) is 9.78 Å². The first-order chi connectivity index (χ1) is 13.1. The summed E-state index contributed by atoms with van der Waals surface area (Å²) < 4.78 is 2.12. The van der Waals surface area contributed by atoms with Gasteiger partial charge >= 0.3 is 5.69 Å². The van der Waals surface area contributed by atoms with Crippen LogP contribution in [0, 0.1) is 0 Å². The number of nitrogens with one attached hydrogen (secondary N) is 2. The fourth-order valence-corrected chi connectivity index (χ4v) is 3.39. The molecule has 27 heavy (non-hydrogen) atoms. The van der Waals surface area contributed by atoms with E-state index in [1.807, 2.05) is 35.7 Å². The number of nitrogens with zero attached hydrogens (tertiary/aromatic N) is 3. The van der Waals surface area contributed by atoms with Crippen molar-refractivity contribution in [3.05, 3.63) is 80.8 Å². The maximum absolute atomic E-state index is 12.4. The number of amides is 1. The van der Waals surface area contributed by atoms with Crippen LogP contribution in [0.1, 0.15) is 10.6 Å². The van der Waals surface area contributed by atoms with E-state index in [0.717, 1.165) is 20.4 Å². The van der Waals surface area contributed by atoms with Crippen LogP contribution >= 0.6 is 27.3 Å². The molecule has 0 aliphatic carbocycles. The molecule has 0 unspecified atom stereocenters. The molecule has 0 saturated carbocycles.